The maximum Gasteiger partial charge on any atom is 0.239 e. The number of anilines is 1. The topological polar surface area (TPSA) is 53.2 Å². The zero-order valence-corrected chi connectivity index (χ0v) is 13.5. The molecule has 3 aromatic rings. The molecule has 0 saturated carbocycles. The van der Waals surface area contributed by atoms with Crippen LogP contribution in [0.3, 0.4) is 0 Å². The molecule has 120 valence electrons. The lowest BCUT2D eigenvalue weighted by Gasteiger charge is -2.23. The highest BCUT2D eigenvalue weighted by molar-refractivity contribution is 7.92. The molecule has 0 aliphatic rings. The summed E-state index contributed by atoms with van der Waals surface area (Å²) in [4.78, 5) is 3.07. The normalized spacial score (nSPS) is 11.7. The number of rotatable bonds is 5. The molecule has 1 N–H and O–H groups in total. The Bertz CT molecular complexity index is 934. The highest BCUT2D eigenvalue weighted by Gasteiger charge is 2.23. The number of nitrogens with one attached hydrogen (secondary N) is 1. The van der Waals surface area contributed by atoms with Gasteiger partial charge in [-0.05, 0) is 37.3 Å². The van der Waals surface area contributed by atoms with Crippen molar-refractivity contribution in [2.45, 2.75) is 12.7 Å². The average Bonchev–Trinajstić information content (AvgIpc) is 2.97. The van der Waals surface area contributed by atoms with E-state index in [1.165, 1.54) is 16.4 Å². The summed E-state index contributed by atoms with van der Waals surface area (Å²) in [5, 5.41) is 0.932. The first-order valence-corrected chi connectivity index (χ1v) is 8.93. The van der Waals surface area contributed by atoms with Gasteiger partial charge in [0.1, 0.15) is 5.82 Å². The lowest BCUT2D eigenvalue weighted by atomic mass is 10.2. The van der Waals surface area contributed by atoms with Crippen LogP contribution in [0.4, 0.5) is 10.1 Å². The predicted octanol–water partition coefficient (Wildman–Crippen LogP) is 3.66. The van der Waals surface area contributed by atoms with Gasteiger partial charge < -0.3 is 4.98 Å². The number of hydrogen-bond donors (Lipinski definition) is 1. The molecule has 2 aromatic carbocycles. The minimum absolute atomic E-state index is 0.175. The van der Waals surface area contributed by atoms with Crippen LogP contribution in [0.25, 0.3) is 10.9 Å². The van der Waals surface area contributed by atoms with Crippen molar-refractivity contribution >= 4 is 26.6 Å². The van der Waals surface area contributed by atoms with E-state index in [4.69, 9.17) is 0 Å². The third-order valence-corrected chi connectivity index (χ3v) is 5.56. The third kappa shape index (κ3) is 3.07. The lowest BCUT2D eigenvalue weighted by molar-refractivity contribution is 0.583. The van der Waals surface area contributed by atoms with E-state index in [-0.39, 0.29) is 17.9 Å². The van der Waals surface area contributed by atoms with Crippen LogP contribution in [0.15, 0.2) is 54.7 Å². The Morgan fingerprint density at radius 3 is 2.65 bits per heavy atom. The first-order chi connectivity index (χ1) is 11.0. The summed E-state index contributed by atoms with van der Waals surface area (Å²) in [5.41, 5.74) is 1.70. The number of aromatic amines is 1. The van der Waals surface area contributed by atoms with Gasteiger partial charge in [-0.3, -0.25) is 4.31 Å². The van der Waals surface area contributed by atoms with Crippen molar-refractivity contribution < 1.29 is 12.8 Å². The molecule has 4 nitrogen and oxygen atoms in total. The maximum atomic E-state index is 13.8. The van der Waals surface area contributed by atoms with E-state index in [1.54, 1.807) is 31.3 Å². The quantitative estimate of drug-likeness (QED) is 0.775. The summed E-state index contributed by atoms with van der Waals surface area (Å²) in [7, 11) is -3.67. The molecule has 0 aliphatic carbocycles. The fourth-order valence-corrected chi connectivity index (χ4v) is 4.24. The number of fused-ring (bicyclic) bond motifs is 1. The van der Waals surface area contributed by atoms with Crippen LogP contribution in [0.1, 0.15) is 12.5 Å². The first kappa shape index (κ1) is 15.6. The number of H-pyrrole nitrogens is 1. The molecule has 6 heteroatoms. The molecular weight excluding hydrogens is 315 g/mol. The van der Waals surface area contributed by atoms with Gasteiger partial charge in [-0.1, -0.05) is 18.2 Å². The van der Waals surface area contributed by atoms with Crippen LogP contribution in [-0.4, -0.2) is 19.9 Å². The van der Waals surface area contributed by atoms with Crippen LogP contribution < -0.4 is 4.31 Å². The molecular formula is C17H17FN2O2S. The SMILES string of the molecule is CCN(c1ccc2[nH]ccc2c1)S(=O)(=O)Cc1ccccc1F. The summed E-state index contributed by atoms with van der Waals surface area (Å²) in [6.45, 7) is 2.05. The Kier molecular flexibility index (Phi) is 4.09. The van der Waals surface area contributed by atoms with E-state index in [0.717, 1.165) is 10.9 Å². The second-order valence-corrected chi connectivity index (χ2v) is 7.15. The fourth-order valence-electron chi connectivity index (χ4n) is 2.63. The highest BCUT2D eigenvalue weighted by Crippen LogP contribution is 2.25. The Morgan fingerprint density at radius 2 is 1.91 bits per heavy atom. The van der Waals surface area contributed by atoms with Crippen LogP contribution in [0.5, 0.6) is 0 Å². The summed E-state index contributed by atoms with van der Waals surface area (Å²) in [5.74, 6) is -0.869. The summed E-state index contributed by atoms with van der Waals surface area (Å²) in [6, 6.07) is 13.2. The molecule has 0 radical (unpaired) electrons. The van der Waals surface area contributed by atoms with Crippen molar-refractivity contribution in [3.8, 4) is 0 Å². The van der Waals surface area contributed by atoms with E-state index in [9.17, 15) is 12.8 Å². The molecule has 1 heterocycles. The minimum Gasteiger partial charge on any atom is -0.361 e. The highest BCUT2D eigenvalue weighted by atomic mass is 32.2. The van der Waals surface area contributed by atoms with Crippen LogP contribution in [0.2, 0.25) is 0 Å². The molecule has 0 unspecified atom stereocenters. The smallest absolute Gasteiger partial charge is 0.239 e. The van der Waals surface area contributed by atoms with E-state index in [1.807, 2.05) is 18.2 Å². The zero-order valence-electron chi connectivity index (χ0n) is 12.7. The van der Waals surface area contributed by atoms with Crippen LogP contribution in [-0.2, 0) is 15.8 Å². The Hall–Kier alpha value is -2.34. The standard InChI is InChI=1S/C17H17FN2O2S/c1-2-20(15-7-8-17-13(11-15)9-10-19-17)23(21,22)12-14-5-3-4-6-16(14)18/h3-11,19H,2,12H2,1H3. The zero-order chi connectivity index (χ0) is 16.4. The van der Waals surface area contributed by atoms with Gasteiger partial charge in [-0.2, -0.15) is 0 Å². The maximum absolute atomic E-state index is 13.8. The minimum atomic E-state index is -3.67. The first-order valence-electron chi connectivity index (χ1n) is 7.32. The van der Waals surface area contributed by atoms with Crippen molar-refractivity contribution in [1.82, 2.24) is 4.98 Å². The number of nitrogens with zero attached hydrogens (tertiary/aromatic N) is 1. The second kappa shape index (κ2) is 6.04. The third-order valence-electron chi connectivity index (χ3n) is 3.74. The lowest BCUT2D eigenvalue weighted by Crippen LogP contribution is -2.32. The van der Waals surface area contributed by atoms with Gasteiger partial charge in [0.25, 0.3) is 0 Å². The van der Waals surface area contributed by atoms with Gasteiger partial charge in [-0.15, -0.1) is 0 Å². The van der Waals surface area contributed by atoms with Crippen LogP contribution in [0, 0.1) is 5.82 Å². The summed E-state index contributed by atoms with van der Waals surface area (Å²) >= 11 is 0. The molecule has 0 atom stereocenters. The van der Waals surface area contributed by atoms with Crippen molar-refractivity contribution in [3.05, 3.63) is 66.1 Å². The second-order valence-electron chi connectivity index (χ2n) is 5.26. The van der Waals surface area contributed by atoms with Gasteiger partial charge in [0.05, 0.1) is 11.4 Å². The van der Waals surface area contributed by atoms with Crippen molar-refractivity contribution in [3.63, 3.8) is 0 Å². The fraction of sp³-hybridized carbons (Fsp3) is 0.176. The van der Waals surface area contributed by atoms with Crippen LogP contribution >= 0.6 is 0 Å². The average molecular weight is 332 g/mol. The summed E-state index contributed by atoms with van der Waals surface area (Å²) in [6.07, 6.45) is 1.80. The van der Waals surface area contributed by atoms with Gasteiger partial charge in [0.2, 0.25) is 10.0 Å². The van der Waals surface area contributed by atoms with E-state index >= 15 is 0 Å². The number of sulfonamides is 1. The summed E-state index contributed by atoms with van der Waals surface area (Å²) < 4.78 is 40.5. The van der Waals surface area contributed by atoms with Crippen molar-refractivity contribution in [2.24, 2.45) is 0 Å². The van der Waals surface area contributed by atoms with Gasteiger partial charge >= 0.3 is 0 Å². The number of benzene rings is 2. The molecule has 0 amide bonds. The molecule has 0 fully saturated rings. The largest absolute Gasteiger partial charge is 0.361 e. The van der Waals surface area contributed by atoms with E-state index < -0.39 is 15.8 Å². The number of aromatic nitrogens is 1. The van der Waals surface area contributed by atoms with Crippen molar-refractivity contribution in [1.29, 1.82) is 0 Å². The molecule has 0 saturated heterocycles. The number of halogens is 1. The molecule has 0 aliphatic heterocycles. The Morgan fingerprint density at radius 1 is 1.13 bits per heavy atom. The van der Waals surface area contributed by atoms with Crippen molar-refractivity contribution in [2.75, 3.05) is 10.8 Å². The Balaban J connectivity index is 1.96. The number of hydrogen-bond acceptors (Lipinski definition) is 2. The molecule has 23 heavy (non-hydrogen) atoms. The monoisotopic (exact) mass is 332 g/mol. The van der Waals surface area contributed by atoms with Gasteiger partial charge in [0, 0.05) is 29.2 Å². The van der Waals surface area contributed by atoms with E-state index in [2.05, 4.69) is 4.98 Å². The molecule has 1 aromatic heterocycles. The van der Waals surface area contributed by atoms with E-state index in [0.29, 0.717) is 5.69 Å². The molecule has 3 rings (SSSR count). The molecule has 0 bridgehead atoms. The van der Waals surface area contributed by atoms with Gasteiger partial charge in [-0.25, -0.2) is 12.8 Å². The van der Waals surface area contributed by atoms with Gasteiger partial charge in [0.15, 0.2) is 0 Å². The molecule has 0 spiro atoms. The Labute approximate surface area is 134 Å². The predicted molar refractivity (Wildman–Crippen MR) is 90.3 cm³/mol.